The minimum Gasteiger partial charge on any atom is -0.437 e. The summed E-state index contributed by atoms with van der Waals surface area (Å²) in [5.41, 5.74) is 0. The third kappa shape index (κ3) is 14.8. The minimum absolute atomic E-state index is 0. The van der Waals surface area contributed by atoms with E-state index in [9.17, 15) is 0 Å². The van der Waals surface area contributed by atoms with Gasteiger partial charge in [0.2, 0.25) is 0 Å². The van der Waals surface area contributed by atoms with E-state index in [-0.39, 0.29) is 65.4 Å². The average Bonchev–Trinajstić information content (AvgIpc) is 1.53. The van der Waals surface area contributed by atoms with Crippen molar-refractivity contribution >= 4 is 26.6 Å². The largest absolute Gasteiger partial charge is 0.437 e. The third-order valence-corrected chi connectivity index (χ3v) is 8.10. The molecule has 0 saturated carbocycles. The first-order valence-electron chi connectivity index (χ1n) is 3.82. The topological polar surface area (TPSA) is 18.5 Å². The van der Waals surface area contributed by atoms with Gasteiger partial charge in [0, 0.05) is 65.4 Å². The summed E-state index contributed by atoms with van der Waals surface area (Å²) >= 11 is 0. The predicted octanol–water partition coefficient (Wildman–Crippen LogP) is 2.22. The van der Waals surface area contributed by atoms with Gasteiger partial charge >= 0.3 is 8.56 Å². The first-order chi connectivity index (χ1) is 4.83. The zero-order valence-electron chi connectivity index (χ0n) is 9.47. The van der Waals surface area contributed by atoms with Crippen LogP contribution in [-0.4, -0.2) is 26.6 Å². The van der Waals surface area contributed by atoms with Gasteiger partial charge in [0.05, 0.1) is 0 Å². The fourth-order valence-electron chi connectivity index (χ4n) is 1.00. The molecule has 0 atom stereocenters. The second-order valence-electron chi connectivity index (χ2n) is 3.42. The van der Waals surface area contributed by atoms with Gasteiger partial charge in [0.15, 0.2) is 18.1 Å². The zero-order chi connectivity index (χ0) is 9.07. The summed E-state index contributed by atoms with van der Waals surface area (Å²) in [4.78, 5) is 0. The summed E-state index contributed by atoms with van der Waals surface area (Å²) in [6, 6.07) is 0. The van der Waals surface area contributed by atoms with Gasteiger partial charge in [-0.2, -0.15) is 0 Å². The summed E-state index contributed by atoms with van der Waals surface area (Å²) in [5.74, 6) is 0. The second kappa shape index (κ2) is 9.97. The normalized spacial score (nSPS) is 11.1. The van der Waals surface area contributed by atoms with Crippen molar-refractivity contribution in [2.45, 2.75) is 39.3 Å². The number of rotatable bonds is 4. The van der Waals surface area contributed by atoms with Gasteiger partial charge < -0.3 is 8.23 Å². The first-order valence-corrected chi connectivity index (χ1v) is 11.4. The Morgan fingerprint density at radius 3 is 1.15 bits per heavy atom. The summed E-state index contributed by atoms with van der Waals surface area (Å²) in [7, 11) is -2.91. The van der Waals surface area contributed by atoms with Crippen LogP contribution in [0, 0.1) is 0 Å². The Hall–Kier alpha value is 2.78. The van der Waals surface area contributed by atoms with E-state index in [0.29, 0.717) is 0 Å². The van der Waals surface area contributed by atoms with E-state index in [0.717, 1.165) is 0 Å². The Morgan fingerprint density at radius 1 is 0.769 bits per heavy atom. The summed E-state index contributed by atoms with van der Waals surface area (Å²) in [6.07, 6.45) is 0. The summed E-state index contributed by atoms with van der Waals surface area (Å²) in [6.45, 7) is 12.9. The molecule has 0 aliphatic rings. The van der Waals surface area contributed by atoms with E-state index in [1.807, 2.05) is 0 Å². The van der Waals surface area contributed by atoms with Crippen molar-refractivity contribution in [3.05, 3.63) is 0 Å². The van der Waals surface area contributed by atoms with E-state index in [1.54, 1.807) is 0 Å². The molecule has 0 heterocycles. The number of hydrogen-bond acceptors (Lipinski definition) is 2. The summed E-state index contributed by atoms with van der Waals surface area (Å²) < 4.78 is 11.6. The predicted molar refractivity (Wildman–Crippen MR) is 54.6 cm³/mol. The molecule has 0 aromatic heterocycles. The van der Waals surface area contributed by atoms with Crippen LogP contribution in [0.25, 0.3) is 0 Å². The van der Waals surface area contributed by atoms with Crippen LogP contribution >= 0.6 is 0 Å². The Labute approximate surface area is 137 Å². The molecular formula is C6H18O2Si3Y2. The van der Waals surface area contributed by atoms with Gasteiger partial charge in [0.1, 0.15) is 0 Å². The maximum absolute atomic E-state index is 5.79. The maximum Gasteiger partial charge on any atom is 0.310 e. The molecule has 0 aliphatic heterocycles. The molecule has 0 aromatic carbocycles. The van der Waals surface area contributed by atoms with Gasteiger partial charge in [-0.15, -0.1) is 0 Å². The molecule has 72 valence electrons. The smallest absolute Gasteiger partial charge is 0.310 e. The van der Waals surface area contributed by atoms with Gasteiger partial charge in [-0.05, 0) is 39.3 Å². The van der Waals surface area contributed by atoms with Gasteiger partial charge in [-0.25, -0.2) is 0 Å². The van der Waals surface area contributed by atoms with Crippen LogP contribution in [0.2, 0.25) is 39.3 Å². The standard InChI is InChI=1S/C6H18O2Si3.2Y/c1-9(2)7-11(5,6)8-10(3)4;;/h1-6H3;;. The molecule has 0 aromatic rings. The Kier molecular flexibility index (Phi) is 16.2. The minimum atomic E-state index is -1.74. The van der Waals surface area contributed by atoms with Crippen molar-refractivity contribution in [2.75, 3.05) is 0 Å². The molecule has 7 heteroatoms. The molecule has 13 heavy (non-hydrogen) atoms. The van der Waals surface area contributed by atoms with Crippen molar-refractivity contribution in [1.29, 1.82) is 0 Å². The average molecular weight is 384 g/mol. The fraction of sp³-hybridized carbons (Fsp3) is 1.00. The molecule has 0 fully saturated rings. The van der Waals surface area contributed by atoms with Crippen molar-refractivity contribution in [2.24, 2.45) is 0 Å². The van der Waals surface area contributed by atoms with Crippen LogP contribution in [0.5, 0.6) is 0 Å². The van der Waals surface area contributed by atoms with E-state index in [2.05, 4.69) is 39.3 Å². The monoisotopic (exact) mass is 384 g/mol. The van der Waals surface area contributed by atoms with E-state index in [4.69, 9.17) is 8.23 Å². The van der Waals surface area contributed by atoms with Crippen LogP contribution in [0.3, 0.4) is 0 Å². The SMILES string of the molecule is C[Si](C)O[Si](C)(C)O[Si](C)C.[Y].[Y]. The maximum atomic E-state index is 5.79. The van der Waals surface area contributed by atoms with Crippen LogP contribution in [0.4, 0.5) is 0 Å². The second-order valence-corrected chi connectivity index (χ2v) is 11.5. The third-order valence-electron chi connectivity index (χ3n) is 0.900. The van der Waals surface area contributed by atoms with Crippen LogP contribution in [0.1, 0.15) is 0 Å². The van der Waals surface area contributed by atoms with Crippen LogP contribution < -0.4 is 0 Å². The molecular weight excluding hydrogens is 366 g/mol. The Morgan fingerprint density at radius 2 is 1.00 bits per heavy atom. The van der Waals surface area contributed by atoms with E-state index >= 15 is 0 Å². The van der Waals surface area contributed by atoms with Crippen molar-refractivity contribution < 1.29 is 73.6 Å². The van der Waals surface area contributed by atoms with Crippen LogP contribution in [0.15, 0.2) is 0 Å². The fourth-order valence-corrected chi connectivity index (χ4v) is 9.41. The molecule has 0 spiro atoms. The molecule has 4 radical (unpaired) electrons. The Bertz CT molecular complexity index is 110. The zero-order valence-corrected chi connectivity index (χ0v) is 18.1. The van der Waals surface area contributed by atoms with Crippen LogP contribution in [-0.2, 0) is 73.6 Å². The molecule has 0 bridgehead atoms. The molecule has 0 unspecified atom stereocenters. The summed E-state index contributed by atoms with van der Waals surface area (Å²) in [5, 5.41) is 0. The molecule has 0 amide bonds. The van der Waals surface area contributed by atoms with Gasteiger partial charge in [0.25, 0.3) is 0 Å². The van der Waals surface area contributed by atoms with Gasteiger partial charge in [-0.3, -0.25) is 0 Å². The Balaban J connectivity index is -0.000000500. The van der Waals surface area contributed by atoms with Crippen molar-refractivity contribution in [3.63, 3.8) is 0 Å². The number of hydrogen-bond donors (Lipinski definition) is 0. The molecule has 0 rings (SSSR count). The quantitative estimate of drug-likeness (QED) is 0.693. The first kappa shape index (κ1) is 21.1. The van der Waals surface area contributed by atoms with Crippen molar-refractivity contribution in [1.82, 2.24) is 0 Å². The van der Waals surface area contributed by atoms with E-state index in [1.165, 1.54) is 0 Å². The molecule has 0 aliphatic carbocycles. The molecule has 0 saturated heterocycles. The van der Waals surface area contributed by atoms with Gasteiger partial charge in [-0.1, -0.05) is 0 Å². The van der Waals surface area contributed by atoms with E-state index < -0.39 is 26.6 Å². The molecule has 2 nitrogen and oxygen atoms in total. The molecule has 0 N–H and O–H groups in total. The van der Waals surface area contributed by atoms with Crippen molar-refractivity contribution in [3.8, 4) is 0 Å².